The van der Waals surface area contributed by atoms with Gasteiger partial charge in [0.05, 0.1) is 0 Å². The smallest absolute Gasteiger partial charge is 0.253 e. The lowest BCUT2D eigenvalue weighted by atomic mass is 10.1. The number of amides is 1. The summed E-state index contributed by atoms with van der Waals surface area (Å²) in [5, 5.41) is 0. The zero-order chi connectivity index (χ0) is 13.1. The molecule has 1 heterocycles. The van der Waals surface area contributed by atoms with Crippen LogP contribution in [-0.2, 0) is 6.54 Å². The number of nitrogens with zero attached hydrogens (tertiary/aromatic N) is 2. The highest BCUT2D eigenvalue weighted by Crippen LogP contribution is 2.16. The standard InChI is InChI=1S/C14H21N3O/c1-16-7-6-13(10-16)17(2)14(18)12-5-3-4-11(8-12)9-15/h3-5,8,13H,6-7,9-10,15H2,1-2H3. The highest BCUT2D eigenvalue weighted by Gasteiger charge is 2.26. The molecule has 4 nitrogen and oxygen atoms in total. The summed E-state index contributed by atoms with van der Waals surface area (Å²) in [7, 11) is 3.98. The van der Waals surface area contributed by atoms with Gasteiger partial charge in [0, 0.05) is 31.7 Å². The van der Waals surface area contributed by atoms with Crippen molar-refractivity contribution >= 4 is 5.91 Å². The van der Waals surface area contributed by atoms with Crippen molar-refractivity contribution in [1.82, 2.24) is 9.80 Å². The predicted octanol–water partition coefficient (Wildman–Crippen LogP) is 0.921. The van der Waals surface area contributed by atoms with Crippen LogP contribution in [0.3, 0.4) is 0 Å². The molecule has 4 heteroatoms. The number of carbonyl (C=O) groups excluding carboxylic acids is 1. The Bertz CT molecular complexity index is 433. The number of hydrogen-bond acceptors (Lipinski definition) is 3. The number of likely N-dealkylation sites (N-methyl/N-ethyl adjacent to an activating group) is 2. The molecule has 0 aliphatic carbocycles. The number of rotatable bonds is 3. The van der Waals surface area contributed by atoms with Crippen LogP contribution in [-0.4, -0.2) is 48.9 Å². The molecule has 2 N–H and O–H groups in total. The molecule has 1 atom stereocenters. The van der Waals surface area contributed by atoms with E-state index >= 15 is 0 Å². The number of hydrogen-bond donors (Lipinski definition) is 1. The molecular weight excluding hydrogens is 226 g/mol. The topological polar surface area (TPSA) is 49.6 Å². The maximum atomic E-state index is 12.4. The molecule has 1 amide bonds. The molecular formula is C14H21N3O. The Morgan fingerprint density at radius 1 is 1.56 bits per heavy atom. The van der Waals surface area contributed by atoms with Crippen molar-refractivity contribution in [2.75, 3.05) is 27.2 Å². The van der Waals surface area contributed by atoms with Gasteiger partial charge >= 0.3 is 0 Å². The fourth-order valence-electron chi connectivity index (χ4n) is 2.43. The van der Waals surface area contributed by atoms with E-state index in [2.05, 4.69) is 11.9 Å². The zero-order valence-electron chi connectivity index (χ0n) is 11.1. The van der Waals surface area contributed by atoms with Crippen LogP contribution in [0.2, 0.25) is 0 Å². The second-order valence-corrected chi connectivity index (χ2v) is 5.03. The molecule has 0 spiro atoms. The molecule has 0 radical (unpaired) electrons. The lowest BCUT2D eigenvalue weighted by Gasteiger charge is -2.24. The summed E-state index contributed by atoms with van der Waals surface area (Å²) in [4.78, 5) is 16.5. The van der Waals surface area contributed by atoms with Crippen LogP contribution < -0.4 is 5.73 Å². The first kappa shape index (κ1) is 13.1. The number of benzene rings is 1. The zero-order valence-corrected chi connectivity index (χ0v) is 11.1. The highest BCUT2D eigenvalue weighted by molar-refractivity contribution is 5.94. The Labute approximate surface area is 108 Å². The summed E-state index contributed by atoms with van der Waals surface area (Å²) in [5.74, 6) is 0.0885. The van der Waals surface area contributed by atoms with Crippen LogP contribution in [0.4, 0.5) is 0 Å². The van der Waals surface area contributed by atoms with Crippen LogP contribution in [0, 0.1) is 0 Å². The lowest BCUT2D eigenvalue weighted by Crippen LogP contribution is -2.38. The molecule has 2 rings (SSSR count). The third-order valence-electron chi connectivity index (χ3n) is 3.64. The van der Waals surface area contributed by atoms with Gasteiger partial charge in [0.25, 0.3) is 5.91 Å². The fourth-order valence-corrected chi connectivity index (χ4v) is 2.43. The van der Waals surface area contributed by atoms with Gasteiger partial charge in [-0.1, -0.05) is 12.1 Å². The van der Waals surface area contributed by atoms with Crippen molar-refractivity contribution in [3.63, 3.8) is 0 Å². The molecule has 0 aromatic heterocycles. The van der Waals surface area contributed by atoms with Gasteiger partial charge in [-0.3, -0.25) is 4.79 Å². The summed E-state index contributed by atoms with van der Waals surface area (Å²) >= 11 is 0. The molecule has 1 aliphatic rings. The minimum absolute atomic E-state index is 0.0885. The third-order valence-corrected chi connectivity index (χ3v) is 3.64. The van der Waals surface area contributed by atoms with Gasteiger partial charge < -0.3 is 15.5 Å². The summed E-state index contributed by atoms with van der Waals surface area (Å²) in [6.45, 7) is 2.49. The highest BCUT2D eigenvalue weighted by atomic mass is 16.2. The van der Waals surface area contributed by atoms with E-state index in [0.29, 0.717) is 12.6 Å². The van der Waals surface area contributed by atoms with Crippen LogP contribution in [0.15, 0.2) is 24.3 Å². The van der Waals surface area contributed by atoms with Crippen LogP contribution in [0.1, 0.15) is 22.3 Å². The van der Waals surface area contributed by atoms with Gasteiger partial charge in [-0.25, -0.2) is 0 Å². The summed E-state index contributed by atoms with van der Waals surface area (Å²) < 4.78 is 0. The Kier molecular flexibility index (Phi) is 3.99. The van der Waals surface area contributed by atoms with E-state index in [1.807, 2.05) is 36.2 Å². The van der Waals surface area contributed by atoms with E-state index in [-0.39, 0.29) is 5.91 Å². The molecule has 1 saturated heterocycles. The molecule has 1 unspecified atom stereocenters. The van der Waals surface area contributed by atoms with Gasteiger partial charge in [0.2, 0.25) is 0 Å². The van der Waals surface area contributed by atoms with Crippen LogP contribution in [0.25, 0.3) is 0 Å². The SMILES string of the molecule is CN1CCC(N(C)C(=O)c2cccc(CN)c2)C1. The molecule has 1 aromatic carbocycles. The van der Waals surface area contributed by atoms with Gasteiger partial charge in [0.1, 0.15) is 0 Å². The van der Waals surface area contributed by atoms with Gasteiger partial charge in [-0.15, -0.1) is 0 Å². The van der Waals surface area contributed by atoms with Gasteiger partial charge in [0.15, 0.2) is 0 Å². The Hall–Kier alpha value is -1.39. The van der Waals surface area contributed by atoms with Crippen molar-refractivity contribution in [3.8, 4) is 0 Å². The first-order valence-electron chi connectivity index (χ1n) is 6.36. The molecule has 1 aromatic rings. The normalized spacial score (nSPS) is 20.1. The van der Waals surface area contributed by atoms with Crippen molar-refractivity contribution in [3.05, 3.63) is 35.4 Å². The van der Waals surface area contributed by atoms with Crippen LogP contribution >= 0.6 is 0 Å². The lowest BCUT2D eigenvalue weighted by molar-refractivity contribution is 0.0737. The summed E-state index contributed by atoms with van der Waals surface area (Å²) in [6, 6.07) is 7.90. The van der Waals surface area contributed by atoms with Crippen molar-refractivity contribution < 1.29 is 4.79 Å². The van der Waals surface area contributed by atoms with E-state index in [4.69, 9.17) is 5.73 Å². The predicted molar refractivity (Wildman–Crippen MR) is 72.3 cm³/mol. The maximum absolute atomic E-state index is 12.4. The minimum atomic E-state index is 0.0885. The van der Waals surface area contributed by atoms with E-state index in [0.717, 1.165) is 30.6 Å². The monoisotopic (exact) mass is 247 g/mol. The summed E-state index contributed by atoms with van der Waals surface area (Å²) in [5.41, 5.74) is 7.33. The third kappa shape index (κ3) is 2.71. The second kappa shape index (κ2) is 5.50. The number of likely N-dealkylation sites (tertiary alicyclic amines) is 1. The largest absolute Gasteiger partial charge is 0.337 e. The Balaban J connectivity index is 2.10. The number of nitrogens with two attached hydrogens (primary N) is 1. The first-order chi connectivity index (χ1) is 8.61. The fraction of sp³-hybridized carbons (Fsp3) is 0.500. The average molecular weight is 247 g/mol. The van der Waals surface area contributed by atoms with Gasteiger partial charge in [-0.2, -0.15) is 0 Å². The van der Waals surface area contributed by atoms with Crippen molar-refractivity contribution in [2.45, 2.75) is 19.0 Å². The van der Waals surface area contributed by atoms with E-state index in [9.17, 15) is 4.79 Å². The molecule has 1 fully saturated rings. The molecule has 98 valence electrons. The molecule has 0 saturated carbocycles. The molecule has 1 aliphatic heterocycles. The van der Waals surface area contributed by atoms with Gasteiger partial charge in [-0.05, 0) is 37.7 Å². The minimum Gasteiger partial charge on any atom is -0.337 e. The van der Waals surface area contributed by atoms with E-state index in [1.54, 1.807) is 0 Å². The quantitative estimate of drug-likeness (QED) is 0.864. The Morgan fingerprint density at radius 3 is 2.94 bits per heavy atom. The van der Waals surface area contributed by atoms with Crippen molar-refractivity contribution in [2.24, 2.45) is 5.73 Å². The van der Waals surface area contributed by atoms with E-state index in [1.165, 1.54) is 0 Å². The number of carbonyl (C=O) groups is 1. The van der Waals surface area contributed by atoms with Crippen molar-refractivity contribution in [1.29, 1.82) is 0 Å². The second-order valence-electron chi connectivity index (χ2n) is 5.03. The summed E-state index contributed by atoms with van der Waals surface area (Å²) in [6.07, 6.45) is 1.05. The van der Waals surface area contributed by atoms with E-state index < -0.39 is 0 Å². The average Bonchev–Trinajstić information content (AvgIpc) is 2.83. The molecule has 0 bridgehead atoms. The van der Waals surface area contributed by atoms with Crippen LogP contribution in [0.5, 0.6) is 0 Å². The first-order valence-corrected chi connectivity index (χ1v) is 6.36. The maximum Gasteiger partial charge on any atom is 0.253 e. The Morgan fingerprint density at radius 2 is 2.33 bits per heavy atom. The molecule has 18 heavy (non-hydrogen) atoms.